The largest absolute Gasteiger partial charge is 0.323 e. The van der Waals surface area contributed by atoms with Crippen LogP contribution in [0.1, 0.15) is 28.9 Å². The van der Waals surface area contributed by atoms with Crippen molar-refractivity contribution >= 4 is 34.8 Å². The molecule has 0 aliphatic carbocycles. The van der Waals surface area contributed by atoms with Crippen molar-refractivity contribution in [3.05, 3.63) is 81.1 Å². The van der Waals surface area contributed by atoms with Crippen molar-refractivity contribution in [2.45, 2.75) is 33.2 Å². The lowest BCUT2D eigenvalue weighted by Gasteiger charge is -2.08. The van der Waals surface area contributed by atoms with Crippen molar-refractivity contribution in [2.75, 3.05) is 5.32 Å². The molecule has 3 rings (SSSR count). The number of nitrogens with one attached hydrogen (secondary N) is 1. The highest BCUT2D eigenvalue weighted by Crippen LogP contribution is 2.25. The van der Waals surface area contributed by atoms with Crippen molar-refractivity contribution < 1.29 is 4.79 Å². The highest BCUT2D eigenvalue weighted by Gasteiger charge is 2.15. The van der Waals surface area contributed by atoms with Gasteiger partial charge in [-0.15, -0.1) is 0 Å². The van der Waals surface area contributed by atoms with Gasteiger partial charge in [0.1, 0.15) is 0 Å². The van der Waals surface area contributed by atoms with Crippen LogP contribution >= 0.6 is 23.2 Å². The highest BCUT2D eigenvalue weighted by molar-refractivity contribution is 6.42. The number of carbonyl (C=O) groups is 1. The molecule has 0 fully saturated rings. The van der Waals surface area contributed by atoms with Crippen molar-refractivity contribution in [1.29, 1.82) is 0 Å². The third kappa shape index (κ3) is 4.90. The number of nitrogens with zero attached hydrogens (tertiary/aromatic N) is 2. The molecule has 0 saturated carbocycles. The number of hydrogen-bond acceptors (Lipinski definition) is 2. The van der Waals surface area contributed by atoms with Crippen LogP contribution in [-0.2, 0) is 17.8 Å². The summed E-state index contributed by atoms with van der Waals surface area (Å²) in [4.78, 5) is 12.4. The Morgan fingerprint density at radius 1 is 1.04 bits per heavy atom. The zero-order valence-corrected chi connectivity index (χ0v) is 16.8. The number of benzene rings is 2. The fourth-order valence-electron chi connectivity index (χ4n) is 2.95. The van der Waals surface area contributed by atoms with E-state index < -0.39 is 0 Å². The highest BCUT2D eigenvalue weighted by atomic mass is 35.5. The first-order chi connectivity index (χ1) is 12.9. The van der Waals surface area contributed by atoms with Crippen LogP contribution in [0, 0.1) is 13.8 Å². The lowest BCUT2D eigenvalue weighted by Crippen LogP contribution is -2.13. The van der Waals surface area contributed by atoms with Gasteiger partial charge in [0, 0.05) is 6.42 Å². The van der Waals surface area contributed by atoms with E-state index in [-0.39, 0.29) is 5.91 Å². The van der Waals surface area contributed by atoms with Crippen LogP contribution in [0.15, 0.2) is 48.5 Å². The van der Waals surface area contributed by atoms with Crippen LogP contribution in [0.2, 0.25) is 10.0 Å². The summed E-state index contributed by atoms with van der Waals surface area (Å²) < 4.78 is 1.86. The molecule has 0 spiro atoms. The van der Waals surface area contributed by atoms with Crippen molar-refractivity contribution in [2.24, 2.45) is 0 Å². The molecule has 0 aliphatic rings. The molecule has 140 valence electrons. The van der Waals surface area contributed by atoms with Gasteiger partial charge in [0.05, 0.1) is 33.7 Å². The van der Waals surface area contributed by atoms with Crippen LogP contribution in [0.25, 0.3) is 0 Å². The Bertz CT molecular complexity index is 952. The van der Waals surface area contributed by atoms with E-state index in [2.05, 4.69) is 10.4 Å². The first kappa shape index (κ1) is 19.5. The molecule has 3 aromatic rings. The van der Waals surface area contributed by atoms with E-state index in [0.717, 1.165) is 28.2 Å². The third-order valence-corrected chi connectivity index (χ3v) is 5.18. The Labute approximate surface area is 169 Å². The molecule has 27 heavy (non-hydrogen) atoms. The number of carbonyl (C=O) groups excluding carboxylic acids is 1. The van der Waals surface area contributed by atoms with Crippen LogP contribution in [0.4, 0.5) is 5.69 Å². The topological polar surface area (TPSA) is 46.9 Å². The fraction of sp³-hybridized carbons (Fsp3) is 0.238. The van der Waals surface area contributed by atoms with E-state index in [0.29, 0.717) is 29.4 Å². The SMILES string of the molecule is Cc1nn(Cc2ccc(Cl)c(Cl)c2)c(C)c1NC(=O)CCc1ccccc1. The number of hydrogen-bond donors (Lipinski definition) is 1. The maximum absolute atomic E-state index is 12.4. The smallest absolute Gasteiger partial charge is 0.224 e. The molecule has 1 N–H and O–H groups in total. The number of anilines is 1. The van der Waals surface area contributed by atoms with Gasteiger partial charge < -0.3 is 5.32 Å². The summed E-state index contributed by atoms with van der Waals surface area (Å²) in [7, 11) is 0. The minimum Gasteiger partial charge on any atom is -0.323 e. The molecule has 0 radical (unpaired) electrons. The molecule has 6 heteroatoms. The Balaban J connectivity index is 1.67. The second-order valence-electron chi connectivity index (χ2n) is 6.49. The Morgan fingerprint density at radius 2 is 1.78 bits per heavy atom. The normalized spacial score (nSPS) is 10.8. The van der Waals surface area contributed by atoms with Gasteiger partial charge >= 0.3 is 0 Å². The number of aromatic nitrogens is 2. The van der Waals surface area contributed by atoms with Crippen LogP contribution < -0.4 is 5.32 Å². The number of amides is 1. The second-order valence-corrected chi connectivity index (χ2v) is 7.30. The number of rotatable bonds is 6. The van der Waals surface area contributed by atoms with E-state index in [4.69, 9.17) is 23.2 Å². The monoisotopic (exact) mass is 401 g/mol. The van der Waals surface area contributed by atoms with Gasteiger partial charge in [-0.05, 0) is 43.5 Å². The summed E-state index contributed by atoms with van der Waals surface area (Å²) in [5, 5.41) is 8.61. The minimum atomic E-state index is -0.0147. The maximum atomic E-state index is 12.4. The quantitative estimate of drug-likeness (QED) is 0.598. The van der Waals surface area contributed by atoms with E-state index in [1.807, 2.05) is 61.0 Å². The van der Waals surface area contributed by atoms with Crippen molar-refractivity contribution in [3.63, 3.8) is 0 Å². The average molecular weight is 402 g/mol. The molecule has 1 aromatic heterocycles. The Hall–Kier alpha value is -2.30. The van der Waals surface area contributed by atoms with Crippen LogP contribution in [-0.4, -0.2) is 15.7 Å². The van der Waals surface area contributed by atoms with Gasteiger partial charge in [-0.1, -0.05) is 59.6 Å². The predicted molar refractivity (Wildman–Crippen MR) is 111 cm³/mol. The lowest BCUT2D eigenvalue weighted by molar-refractivity contribution is -0.116. The standard InChI is InChI=1S/C21H21Cl2N3O/c1-14-21(24-20(27)11-9-16-6-4-3-5-7-16)15(2)26(25-14)13-17-8-10-18(22)19(23)12-17/h3-8,10,12H,9,11,13H2,1-2H3,(H,24,27). The summed E-state index contributed by atoms with van der Waals surface area (Å²) >= 11 is 12.1. The van der Waals surface area contributed by atoms with E-state index >= 15 is 0 Å². The molecule has 0 unspecified atom stereocenters. The number of halogens is 2. The average Bonchev–Trinajstić information content (AvgIpc) is 2.91. The summed E-state index contributed by atoms with van der Waals surface area (Å²) in [5.41, 5.74) is 4.62. The van der Waals surface area contributed by atoms with Crippen LogP contribution in [0.3, 0.4) is 0 Å². The van der Waals surface area contributed by atoms with Crippen molar-refractivity contribution in [1.82, 2.24) is 9.78 Å². The molecule has 2 aromatic carbocycles. The zero-order valence-electron chi connectivity index (χ0n) is 15.3. The third-order valence-electron chi connectivity index (χ3n) is 4.45. The molecule has 0 bridgehead atoms. The summed E-state index contributed by atoms with van der Waals surface area (Å²) in [5.74, 6) is -0.0147. The minimum absolute atomic E-state index is 0.0147. The molecular formula is C21H21Cl2N3O. The first-order valence-electron chi connectivity index (χ1n) is 8.75. The van der Waals surface area contributed by atoms with E-state index in [1.54, 1.807) is 6.07 Å². The predicted octanol–water partition coefficient (Wildman–Crippen LogP) is 5.43. The molecular weight excluding hydrogens is 381 g/mol. The van der Waals surface area contributed by atoms with E-state index in [9.17, 15) is 4.79 Å². The van der Waals surface area contributed by atoms with Gasteiger partial charge in [0.25, 0.3) is 0 Å². The van der Waals surface area contributed by atoms with Gasteiger partial charge in [-0.25, -0.2) is 0 Å². The molecule has 0 atom stereocenters. The van der Waals surface area contributed by atoms with Gasteiger partial charge in [-0.3, -0.25) is 9.48 Å². The molecule has 4 nitrogen and oxygen atoms in total. The van der Waals surface area contributed by atoms with Gasteiger partial charge in [0.2, 0.25) is 5.91 Å². The molecule has 1 heterocycles. The van der Waals surface area contributed by atoms with E-state index in [1.165, 1.54) is 0 Å². The molecule has 1 amide bonds. The van der Waals surface area contributed by atoms with Gasteiger partial charge in [-0.2, -0.15) is 5.10 Å². The van der Waals surface area contributed by atoms with Crippen LogP contribution in [0.5, 0.6) is 0 Å². The summed E-state index contributed by atoms with van der Waals surface area (Å²) in [6.07, 6.45) is 1.14. The lowest BCUT2D eigenvalue weighted by atomic mass is 10.1. The Morgan fingerprint density at radius 3 is 2.48 bits per heavy atom. The first-order valence-corrected chi connectivity index (χ1v) is 9.51. The van der Waals surface area contributed by atoms with Crippen molar-refractivity contribution in [3.8, 4) is 0 Å². The maximum Gasteiger partial charge on any atom is 0.224 e. The Kier molecular flexibility index (Phi) is 6.19. The molecule has 0 aliphatic heterocycles. The number of aryl methyl sites for hydroxylation is 2. The zero-order chi connectivity index (χ0) is 19.4. The fourth-order valence-corrected chi connectivity index (χ4v) is 3.27. The second kappa shape index (κ2) is 8.59. The van der Waals surface area contributed by atoms with Gasteiger partial charge in [0.15, 0.2) is 0 Å². The summed E-state index contributed by atoms with van der Waals surface area (Å²) in [6.45, 7) is 4.40. The molecule has 0 saturated heterocycles. The summed E-state index contributed by atoms with van der Waals surface area (Å²) in [6, 6.07) is 15.5.